The van der Waals surface area contributed by atoms with Crippen molar-refractivity contribution in [1.82, 2.24) is 10.3 Å². The lowest BCUT2D eigenvalue weighted by molar-refractivity contribution is 0.286. The Balaban J connectivity index is 2.33. The first-order chi connectivity index (χ1) is 7.72. The predicted molar refractivity (Wildman–Crippen MR) is 66.6 cm³/mol. The average molecular weight is 222 g/mol. The molecule has 16 heavy (non-hydrogen) atoms. The second kappa shape index (κ2) is 7.23. The molecule has 0 aliphatic heterocycles. The highest BCUT2D eigenvalue weighted by Gasteiger charge is 1.99. The maximum atomic E-state index is 5.60. The summed E-state index contributed by atoms with van der Waals surface area (Å²) < 4.78 is 5.60. The van der Waals surface area contributed by atoms with E-state index >= 15 is 0 Å². The van der Waals surface area contributed by atoms with Crippen LogP contribution in [0.15, 0.2) is 18.2 Å². The minimum absolute atomic E-state index is 0.733. The number of hydrogen-bond acceptors (Lipinski definition) is 3. The number of rotatable bonds is 7. The highest BCUT2D eigenvalue weighted by Crippen LogP contribution is 2.09. The summed E-state index contributed by atoms with van der Waals surface area (Å²) in [5.74, 6) is 1.48. The summed E-state index contributed by atoms with van der Waals surface area (Å²) >= 11 is 0. The number of hydrogen-bond donors (Lipinski definition) is 1. The fraction of sp³-hybridized carbons (Fsp3) is 0.615. The van der Waals surface area contributed by atoms with E-state index in [1.807, 2.05) is 25.2 Å². The lowest BCUT2D eigenvalue weighted by Crippen LogP contribution is -2.08. The molecule has 0 aliphatic rings. The van der Waals surface area contributed by atoms with Crippen LogP contribution in [0.1, 0.15) is 32.4 Å². The molecule has 0 amide bonds. The maximum Gasteiger partial charge on any atom is 0.213 e. The molecular formula is C13H22N2O. The molecule has 0 saturated heterocycles. The van der Waals surface area contributed by atoms with Crippen molar-refractivity contribution in [3.63, 3.8) is 0 Å². The molecule has 0 fully saturated rings. The third-order valence-electron chi connectivity index (χ3n) is 2.31. The van der Waals surface area contributed by atoms with Crippen LogP contribution in [-0.2, 0) is 6.54 Å². The van der Waals surface area contributed by atoms with Crippen LogP contribution in [0.3, 0.4) is 0 Å². The van der Waals surface area contributed by atoms with Gasteiger partial charge in [0.05, 0.1) is 12.3 Å². The first-order valence-corrected chi connectivity index (χ1v) is 5.95. The minimum atomic E-state index is 0.733. The molecule has 0 aliphatic carbocycles. The molecule has 0 unspecified atom stereocenters. The van der Waals surface area contributed by atoms with Crippen LogP contribution in [0, 0.1) is 5.92 Å². The third kappa shape index (κ3) is 5.12. The Morgan fingerprint density at radius 3 is 2.88 bits per heavy atom. The van der Waals surface area contributed by atoms with Gasteiger partial charge in [-0.25, -0.2) is 4.98 Å². The zero-order valence-electron chi connectivity index (χ0n) is 10.5. The molecule has 0 saturated carbocycles. The quantitative estimate of drug-likeness (QED) is 0.720. The molecule has 3 heteroatoms. The van der Waals surface area contributed by atoms with Gasteiger partial charge in [0.15, 0.2) is 0 Å². The van der Waals surface area contributed by atoms with E-state index in [2.05, 4.69) is 24.1 Å². The van der Waals surface area contributed by atoms with E-state index in [0.29, 0.717) is 0 Å². The second-order valence-electron chi connectivity index (χ2n) is 4.38. The lowest BCUT2D eigenvalue weighted by atomic mass is 10.1. The van der Waals surface area contributed by atoms with Crippen molar-refractivity contribution < 1.29 is 4.74 Å². The lowest BCUT2D eigenvalue weighted by Gasteiger charge is -2.08. The number of nitrogens with one attached hydrogen (secondary N) is 1. The minimum Gasteiger partial charge on any atom is -0.478 e. The van der Waals surface area contributed by atoms with E-state index in [1.54, 1.807) is 0 Å². The summed E-state index contributed by atoms with van der Waals surface area (Å²) in [6.07, 6.45) is 2.30. The van der Waals surface area contributed by atoms with E-state index in [4.69, 9.17) is 4.74 Å². The smallest absolute Gasteiger partial charge is 0.213 e. The monoisotopic (exact) mass is 222 g/mol. The van der Waals surface area contributed by atoms with Crippen molar-refractivity contribution in [2.24, 2.45) is 5.92 Å². The van der Waals surface area contributed by atoms with Crippen molar-refractivity contribution >= 4 is 0 Å². The number of ether oxygens (including phenoxy) is 1. The van der Waals surface area contributed by atoms with Gasteiger partial charge >= 0.3 is 0 Å². The number of pyridine rings is 1. The van der Waals surface area contributed by atoms with Gasteiger partial charge < -0.3 is 10.1 Å². The Morgan fingerprint density at radius 1 is 1.38 bits per heavy atom. The molecule has 1 aromatic heterocycles. The van der Waals surface area contributed by atoms with Crippen LogP contribution < -0.4 is 10.1 Å². The van der Waals surface area contributed by atoms with E-state index in [9.17, 15) is 0 Å². The van der Waals surface area contributed by atoms with E-state index in [1.165, 1.54) is 6.42 Å². The van der Waals surface area contributed by atoms with E-state index < -0.39 is 0 Å². The first-order valence-electron chi connectivity index (χ1n) is 5.95. The Morgan fingerprint density at radius 2 is 2.19 bits per heavy atom. The molecule has 1 rings (SSSR count). The Hall–Kier alpha value is -1.09. The normalized spacial score (nSPS) is 10.8. The van der Waals surface area contributed by atoms with Crippen LogP contribution in [0.5, 0.6) is 5.88 Å². The van der Waals surface area contributed by atoms with Gasteiger partial charge in [0.2, 0.25) is 5.88 Å². The Kier molecular flexibility index (Phi) is 5.86. The first kappa shape index (κ1) is 13.0. The van der Waals surface area contributed by atoms with Crippen molar-refractivity contribution in [2.75, 3.05) is 13.7 Å². The second-order valence-corrected chi connectivity index (χ2v) is 4.38. The van der Waals surface area contributed by atoms with E-state index in [0.717, 1.165) is 37.1 Å². The molecule has 90 valence electrons. The summed E-state index contributed by atoms with van der Waals surface area (Å²) in [7, 11) is 1.91. The largest absolute Gasteiger partial charge is 0.478 e. The van der Waals surface area contributed by atoms with Gasteiger partial charge in [-0.3, -0.25) is 0 Å². The van der Waals surface area contributed by atoms with Gasteiger partial charge in [0, 0.05) is 12.6 Å². The van der Waals surface area contributed by atoms with Crippen LogP contribution in [0.2, 0.25) is 0 Å². The molecular weight excluding hydrogens is 200 g/mol. The fourth-order valence-electron chi connectivity index (χ4n) is 1.49. The van der Waals surface area contributed by atoms with Crippen molar-refractivity contribution in [2.45, 2.75) is 33.2 Å². The zero-order chi connectivity index (χ0) is 11.8. The highest BCUT2D eigenvalue weighted by atomic mass is 16.5. The van der Waals surface area contributed by atoms with Crippen molar-refractivity contribution in [3.8, 4) is 5.88 Å². The summed E-state index contributed by atoms with van der Waals surface area (Å²) in [4.78, 5) is 4.39. The predicted octanol–water partition coefficient (Wildman–Crippen LogP) is 2.62. The molecule has 1 N–H and O–H groups in total. The topological polar surface area (TPSA) is 34.1 Å². The molecule has 0 bridgehead atoms. The number of aromatic nitrogens is 1. The van der Waals surface area contributed by atoms with Gasteiger partial charge in [-0.05, 0) is 31.9 Å². The molecule has 1 heterocycles. The van der Waals surface area contributed by atoms with Crippen LogP contribution >= 0.6 is 0 Å². The molecule has 1 aromatic rings. The fourth-order valence-corrected chi connectivity index (χ4v) is 1.49. The third-order valence-corrected chi connectivity index (χ3v) is 2.31. The zero-order valence-corrected chi connectivity index (χ0v) is 10.5. The van der Waals surface area contributed by atoms with Crippen molar-refractivity contribution in [3.05, 3.63) is 23.9 Å². The molecule has 0 radical (unpaired) electrons. The SMILES string of the molecule is CNCc1cccc(OCCCC(C)C)n1. The molecule has 0 atom stereocenters. The Labute approximate surface area is 98.2 Å². The van der Waals surface area contributed by atoms with Gasteiger partial charge in [-0.15, -0.1) is 0 Å². The summed E-state index contributed by atoms with van der Waals surface area (Å²) in [6.45, 7) is 6.00. The van der Waals surface area contributed by atoms with Crippen molar-refractivity contribution in [1.29, 1.82) is 0 Å². The van der Waals surface area contributed by atoms with Gasteiger partial charge in [-0.2, -0.15) is 0 Å². The van der Waals surface area contributed by atoms with E-state index in [-0.39, 0.29) is 0 Å². The van der Waals surface area contributed by atoms with Gasteiger partial charge in [0.1, 0.15) is 0 Å². The van der Waals surface area contributed by atoms with Gasteiger partial charge in [0.25, 0.3) is 0 Å². The summed E-state index contributed by atoms with van der Waals surface area (Å²) in [5.41, 5.74) is 1.02. The van der Waals surface area contributed by atoms with Crippen LogP contribution in [0.25, 0.3) is 0 Å². The standard InChI is InChI=1S/C13H22N2O/c1-11(2)6-5-9-16-13-8-4-7-12(15-13)10-14-3/h4,7-8,11,14H,5-6,9-10H2,1-3H3. The van der Waals surface area contributed by atoms with Gasteiger partial charge in [-0.1, -0.05) is 19.9 Å². The highest BCUT2D eigenvalue weighted by molar-refractivity contribution is 5.15. The molecule has 0 aromatic carbocycles. The molecule has 3 nitrogen and oxygen atoms in total. The van der Waals surface area contributed by atoms with Crippen LogP contribution in [-0.4, -0.2) is 18.6 Å². The Bertz CT molecular complexity index is 300. The average Bonchev–Trinajstić information content (AvgIpc) is 2.25. The maximum absolute atomic E-state index is 5.60. The van der Waals surface area contributed by atoms with Crippen LogP contribution in [0.4, 0.5) is 0 Å². The summed E-state index contributed by atoms with van der Waals surface area (Å²) in [6, 6.07) is 5.89. The molecule has 0 spiro atoms. The number of nitrogens with zero attached hydrogens (tertiary/aromatic N) is 1. The summed E-state index contributed by atoms with van der Waals surface area (Å²) in [5, 5.41) is 3.08.